The predicted octanol–water partition coefficient (Wildman–Crippen LogP) is 3.67. The van der Waals surface area contributed by atoms with Gasteiger partial charge in [0.25, 0.3) is 0 Å². The molecule has 0 unspecified atom stereocenters. The SMILES string of the molecule is CCNC(=NCc1ccc(N2CCOCC2)c(F)c1)NCC1(CCO)CCCCC1.I. The second-order valence-electron chi connectivity index (χ2n) is 8.47. The summed E-state index contributed by atoms with van der Waals surface area (Å²) < 4.78 is 20.0. The van der Waals surface area contributed by atoms with Crippen LogP contribution in [-0.4, -0.2) is 57.1 Å². The van der Waals surface area contributed by atoms with Crippen molar-refractivity contribution in [1.82, 2.24) is 10.6 Å². The summed E-state index contributed by atoms with van der Waals surface area (Å²) in [6, 6.07) is 5.39. The van der Waals surface area contributed by atoms with Crippen molar-refractivity contribution in [2.75, 3.05) is 50.9 Å². The molecule has 1 aliphatic carbocycles. The van der Waals surface area contributed by atoms with Crippen molar-refractivity contribution < 1.29 is 14.2 Å². The first-order valence-electron chi connectivity index (χ1n) is 11.4. The van der Waals surface area contributed by atoms with Crippen molar-refractivity contribution in [3.63, 3.8) is 0 Å². The number of aliphatic hydroxyl groups is 1. The standard InChI is InChI=1S/C23H37FN4O2.HI/c1-2-25-22(27-18-23(10-13-29)8-4-3-5-9-23)26-17-19-6-7-21(20(24)16-19)28-11-14-30-15-12-28;/h6-7,16,29H,2-5,8-15,17-18H2,1H3,(H2,25,26,27);1H. The molecule has 0 amide bonds. The number of nitrogens with zero attached hydrogens (tertiary/aromatic N) is 2. The maximum Gasteiger partial charge on any atom is 0.191 e. The van der Waals surface area contributed by atoms with Crippen molar-refractivity contribution >= 4 is 35.6 Å². The minimum atomic E-state index is -0.202. The lowest BCUT2D eigenvalue weighted by atomic mass is 9.72. The molecule has 0 aromatic heterocycles. The number of morpholine rings is 1. The zero-order valence-electron chi connectivity index (χ0n) is 18.7. The fraction of sp³-hybridized carbons (Fsp3) is 0.696. The Morgan fingerprint density at radius 1 is 1.19 bits per heavy atom. The topological polar surface area (TPSA) is 69.1 Å². The van der Waals surface area contributed by atoms with E-state index >= 15 is 0 Å². The summed E-state index contributed by atoms with van der Waals surface area (Å²) in [6.07, 6.45) is 6.86. The van der Waals surface area contributed by atoms with Crippen LogP contribution >= 0.6 is 24.0 Å². The molecule has 31 heavy (non-hydrogen) atoms. The monoisotopic (exact) mass is 548 g/mol. The van der Waals surface area contributed by atoms with E-state index in [4.69, 9.17) is 4.74 Å². The number of aliphatic hydroxyl groups excluding tert-OH is 1. The highest BCUT2D eigenvalue weighted by atomic mass is 127. The van der Waals surface area contributed by atoms with E-state index in [0.717, 1.165) is 57.0 Å². The maximum atomic E-state index is 14.6. The van der Waals surface area contributed by atoms with Gasteiger partial charge in [0.05, 0.1) is 25.4 Å². The van der Waals surface area contributed by atoms with E-state index in [9.17, 15) is 9.50 Å². The number of hydrogen-bond acceptors (Lipinski definition) is 4. The van der Waals surface area contributed by atoms with Crippen LogP contribution in [0.15, 0.2) is 23.2 Å². The van der Waals surface area contributed by atoms with Gasteiger partial charge >= 0.3 is 0 Å². The van der Waals surface area contributed by atoms with Crippen molar-refractivity contribution in [2.45, 2.75) is 52.0 Å². The van der Waals surface area contributed by atoms with Crippen LogP contribution in [0.4, 0.5) is 10.1 Å². The van der Waals surface area contributed by atoms with Gasteiger partial charge in [-0.25, -0.2) is 9.38 Å². The molecule has 6 nitrogen and oxygen atoms in total. The molecule has 1 heterocycles. The fourth-order valence-corrected chi connectivity index (χ4v) is 4.55. The van der Waals surface area contributed by atoms with Gasteiger partial charge in [-0.05, 0) is 49.3 Å². The number of rotatable bonds is 8. The number of aliphatic imine (C=N–C) groups is 1. The first kappa shape index (κ1) is 26.1. The second-order valence-corrected chi connectivity index (χ2v) is 8.47. The molecule has 1 saturated heterocycles. The Balaban J connectivity index is 0.00000341. The quantitative estimate of drug-likeness (QED) is 0.263. The predicted molar refractivity (Wildman–Crippen MR) is 135 cm³/mol. The largest absolute Gasteiger partial charge is 0.396 e. The minimum Gasteiger partial charge on any atom is -0.396 e. The van der Waals surface area contributed by atoms with Crippen LogP contribution < -0.4 is 15.5 Å². The Hall–Kier alpha value is -1.13. The van der Waals surface area contributed by atoms with Crippen LogP contribution in [0.5, 0.6) is 0 Å². The number of nitrogens with one attached hydrogen (secondary N) is 2. The minimum absolute atomic E-state index is 0. The number of anilines is 1. The Kier molecular flexibility index (Phi) is 11.3. The van der Waals surface area contributed by atoms with Crippen LogP contribution in [0, 0.1) is 11.2 Å². The molecule has 0 radical (unpaired) electrons. The summed E-state index contributed by atoms with van der Waals surface area (Å²) >= 11 is 0. The molecular weight excluding hydrogens is 510 g/mol. The molecule has 1 aliphatic heterocycles. The molecule has 0 atom stereocenters. The molecule has 0 spiro atoms. The summed E-state index contributed by atoms with van der Waals surface area (Å²) in [5.41, 5.74) is 1.64. The summed E-state index contributed by atoms with van der Waals surface area (Å²) in [5.74, 6) is 0.546. The van der Waals surface area contributed by atoms with Crippen LogP contribution in [0.2, 0.25) is 0 Å². The third-order valence-electron chi connectivity index (χ3n) is 6.32. The zero-order valence-corrected chi connectivity index (χ0v) is 21.0. The number of ether oxygens (including phenoxy) is 1. The van der Waals surface area contributed by atoms with Crippen molar-refractivity contribution in [2.24, 2.45) is 10.4 Å². The van der Waals surface area contributed by atoms with E-state index < -0.39 is 0 Å². The average molecular weight is 548 g/mol. The average Bonchev–Trinajstić information content (AvgIpc) is 2.77. The number of guanidine groups is 1. The van der Waals surface area contributed by atoms with E-state index in [-0.39, 0.29) is 41.8 Å². The zero-order chi connectivity index (χ0) is 21.2. The van der Waals surface area contributed by atoms with Crippen molar-refractivity contribution in [3.8, 4) is 0 Å². The number of hydrogen-bond donors (Lipinski definition) is 3. The Bertz CT molecular complexity index is 687. The molecule has 3 N–H and O–H groups in total. The number of halogens is 2. The van der Waals surface area contributed by atoms with Gasteiger partial charge in [0.15, 0.2) is 5.96 Å². The van der Waals surface area contributed by atoms with Gasteiger partial charge in [-0.1, -0.05) is 25.3 Å². The van der Waals surface area contributed by atoms with Gasteiger partial charge in [0, 0.05) is 32.8 Å². The molecule has 3 rings (SSSR count). The molecular formula is C23H38FIN4O2. The first-order chi connectivity index (χ1) is 14.7. The Morgan fingerprint density at radius 3 is 2.58 bits per heavy atom. The van der Waals surface area contributed by atoms with Gasteiger partial charge < -0.3 is 25.4 Å². The van der Waals surface area contributed by atoms with Crippen LogP contribution in [0.1, 0.15) is 51.0 Å². The van der Waals surface area contributed by atoms with Crippen LogP contribution in [0.25, 0.3) is 0 Å². The Labute approximate surface area is 203 Å². The Morgan fingerprint density at radius 2 is 1.94 bits per heavy atom. The molecule has 2 fully saturated rings. The molecule has 2 aliphatic rings. The molecule has 1 saturated carbocycles. The van der Waals surface area contributed by atoms with E-state index in [1.165, 1.54) is 19.3 Å². The van der Waals surface area contributed by atoms with Crippen LogP contribution in [-0.2, 0) is 11.3 Å². The second kappa shape index (κ2) is 13.4. The summed E-state index contributed by atoms with van der Waals surface area (Å²) in [6.45, 7) is 6.98. The highest BCUT2D eigenvalue weighted by Gasteiger charge is 2.31. The molecule has 1 aromatic carbocycles. The molecule has 1 aromatic rings. The van der Waals surface area contributed by atoms with Gasteiger partial charge in [0.2, 0.25) is 0 Å². The third kappa shape index (κ3) is 7.75. The van der Waals surface area contributed by atoms with E-state index in [2.05, 4.69) is 15.6 Å². The lowest BCUT2D eigenvalue weighted by Gasteiger charge is -2.37. The smallest absolute Gasteiger partial charge is 0.191 e. The highest BCUT2D eigenvalue weighted by molar-refractivity contribution is 14.0. The van der Waals surface area contributed by atoms with E-state index in [0.29, 0.717) is 25.4 Å². The summed E-state index contributed by atoms with van der Waals surface area (Å²) in [4.78, 5) is 6.70. The summed E-state index contributed by atoms with van der Waals surface area (Å²) in [5, 5.41) is 16.3. The van der Waals surface area contributed by atoms with Gasteiger partial charge in [0.1, 0.15) is 5.82 Å². The third-order valence-corrected chi connectivity index (χ3v) is 6.32. The fourth-order valence-electron chi connectivity index (χ4n) is 4.55. The summed E-state index contributed by atoms with van der Waals surface area (Å²) in [7, 11) is 0. The normalized spacial score (nSPS) is 18.9. The first-order valence-corrected chi connectivity index (χ1v) is 11.4. The van der Waals surface area contributed by atoms with E-state index in [1.807, 2.05) is 24.0 Å². The van der Waals surface area contributed by atoms with Crippen LogP contribution in [0.3, 0.4) is 0 Å². The van der Waals surface area contributed by atoms with Gasteiger partial charge in [-0.15, -0.1) is 24.0 Å². The van der Waals surface area contributed by atoms with Gasteiger partial charge in [-0.2, -0.15) is 0 Å². The lowest BCUT2D eigenvalue weighted by molar-refractivity contribution is 0.122. The van der Waals surface area contributed by atoms with Crippen molar-refractivity contribution in [3.05, 3.63) is 29.6 Å². The lowest BCUT2D eigenvalue weighted by Crippen LogP contribution is -2.44. The molecule has 8 heteroatoms. The van der Waals surface area contributed by atoms with Gasteiger partial charge in [-0.3, -0.25) is 0 Å². The van der Waals surface area contributed by atoms with Crippen molar-refractivity contribution in [1.29, 1.82) is 0 Å². The number of benzene rings is 1. The highest BCUT2D eigenvalue weighted by Crippen LogP contribution is 2.38. The van der Waals surface area contributed by atoms with E-state index in [1.54, 1.807) is 6.07 Å². The molecule has 0 bridgehead atoms. The molecule has 176 valence electrons. The maximum absolute atomic E-state index is 14.6.